The molecule has 0 aromatic heterocycles. The van der Waals surface area contributed by atoms with Crippen LogP contribution in [0, 0.1) is 11.8 Å². The summed E-state index contributed by atoms with van der Waals surface area (Å²) in [5, 5.41) is 11.2. The van der Waals surface area contributed by atoms with Crippen LogP contribution in [0.5, 0.6) is 0 Å². The van der Waals surface area contributed by atoms with Gasteiger partial charge in [0.15, 0.2) is 0 Å². The third kappa shape index (κ3) is 5.88. The predicted octanol–water partition coefficient (Wildman–Crippen LogP) is 1.43. The minimum atomic E-state index is -0.900. The van der Waals surface area contributed by atoms with Gasteiger partial charge in [-0.05, 0) is 13.3 Å². The second kappa shape index (κ2) is 6.22. The summed E-state index contributed by atoms with van der Waals surface area (Å²) in [4.78, 5) is 22.0. The first-order valence-electron chi connectivity index (χ1n) is 4.99. The molecule has 4 heteroatoms. The molecule has 0 radical (unpaired) electrons. The fourth-order valence-electron chi connectivity index (χ4n) is 1.13. The SMILES string of the molecule is C=C(C)CC(C)C(=O)NCC(C)C(=O)O. The zero-order valence-corrected chi connectivity index (χ0v) is 9.54. The number of rotatable bonds is 6. The van der Waals surface area contributed by atoms with Crippen molar-refractivity contribution in [3.8, 4) is 0 Å². The van der Waals surface area contributed by atoms with Crippen LogP contribution in [-0.2, 0) is 9.59 Å². The number of nitrogens with one attached hydrogen (secondary N) is 1. The monoisotopic (exact) mass is 213 g/mol. The molecule has 0 saturated heterocycles. The van der Waals surface area contributed by atoms with Crippen LogP contribution in [0.2, 0.25) is 0 Å². The van der Waals surface area contributed by atoms with Crippen LogP contribution >= 0.6 is 0 Å². The van der Waals surface area contributed by atoms with Crippen LogP contribution in [0.25, 0.3) is 0 Å². The number of carbonyl (C=O) groups is 2. The zero-order valence-electron chi connectivity index (χ0n) is 9.54. The molecule has 1 amide bonds. The zero-order chi connectivity index (χ0) is 12.0. The molecular weight excluding hydrogens is 194 g/mol. The van der Waals surface area contributed by atoms with Crippen molar-refractivity contribution in [2.75, 3.05) is 6.54 Å². The molecule has 0 aliphatic heterocycles. The van der Waals surface area contributed by atoms with Crippen LogP contribution in [0.4, 0.5) is 0 Å². The van der Waals surface area contributed by atoms with Gasteiger partial charge in [-0.2, -0.15) is 0 Å². The van der Waals surface area contributed by atoms with Gasteiger partial charge < -0.3 is 10.4 Å². The van der Waals surface area contributed by atoms with E-state index in [-0.39, 0.29) is 18.4 Å². The molecule has 0 rings (SSSR count). The minimum absolute atomic E-state index is 0.119. The Hall–Kier alpha value is -1.32. The van der Waals surface area contributed by atoms with Gasteiger partial charge in [0.2, 0.25) is 5.91 Å². The largest absolute Gasteiger partial charge is 0.481 e. The van der Waals surface area contributed by atoms with Crippen LogP contribution in [0.1, 0.15) is 27.2 Å². The highest BCUT2D eigenvalue weighted by molar-refractivity contribution is 5.79. The van der Waals surface area contributed by atoms with E-state index in [1.165, 1.54) is 0 Å². The average Bonchev–Trinajstić information content (AvgIpc) is 2.12. The summed E-state index contributed by atoms with van der Waals surface area (Å²) in [5.74, 6) is -1.72. The van der Waals surface area contributed by atoms with Crippen molar-refractivity contribution in [1.82, 2.24) is 5.32 Å². The van der Waals surface area contributed by atoms with Gasteiger partial charge in [-0.15, -0.1) is 6.58 Å². The number of allylic oxidation sites excluding steroid dienone is 1. The normalized spacial score (nSPS) is 14.1. The molecule has 4 nitrogen and oxygen atoms in total. The highest BCUT2D eigenvalue weighted by Crippen LogP contribution is 2.08. The Balaban J connectivity index is 3.93. The topological polar surface area (TPSA) is 66.4 Å². The number of carbonyl (C=O) groups excluding carboxylic acids is 1. The summed E-state index contributed by atoms with van der Waals surface area (Å²) in [7, 11) is 0. The van der Waals surface area contributed by atoms with Crippen molar-refractivity contribution in [3.63, 3.8) is 0 Å². The van der Waals surface area contributed by atoms with Gasteiger partial charge in [0.25, 0.3) is 0 Å². The van der Waals surface area contributed by atoms with Gasteiger partial charge in [-0.3, -0.25) is 9.59 Å². The molecule has 0 bridgehead atoms. The van der Waals surface area contributed by atoms with Crippen LogP contribution in [0.3, 0.4) is 0 Å². The van der Waals surface area contributed by atoms with E-state index in [1.807, 2.05) is 6.92 Å². The van der Waals surface area contributed by atoms with Crippen molar-refractivity contribution in [1.29, 1.82) is 0 Å². The molecule has 15 heavy (non-hydrogen) atoms. The van der Waals surface area contributed by atoms with Crippen molar-refractivity contribution in [2.24, 2.45) is 11.8 Å². The number of carboxylic acids is 1. The summed E-state index contributed by atoms with van der Waals surface area (Å²) in [6.45, 7) is 9.13. The standard InChI is InChI=1S/C11H19NO3/c1-7(2)5-8(3)10(13)12-6-9(4)11(14)15/h8-9H,1,5-6H2,2-4H3,(H,12,13)(H,14,15). The molecule has 0 saturated carbocycles. The Kier molecular flexibility index (Phi) is 5.67. The van der Waals surface area contributed by atoms with E-state index in [0.717, 1.165) is 5.57 Å². The summed E-state index contributed by atoms with van der Waals surface area (Å²) >= 11 is 0. The second-order valence-corrected chi connectivity index (χ2v) is 4.05. The van der Waals surface area contributed by atoms with Crippen LogP contribution in [-0.4, -0.2) is 23.5 Å². The molecule has 0 aromatic rings. The van der Waals surface area contributed by atoms with E-state index in [4.69, 9.17) is 5.11 Å². The summed E-state index contributed by atoms with van der Waals surface area (Å²) in [6, 6.07) is 0. The fourth-order valence-corrected chi connectivity index (χ4v) is 1.13. The summed E-state index contributed by atoms with van der Waals surface area (Å²) in [5.41, 5.74) is 0.948. The van der Waals surface area contributed by atoms with Crippen molar-refractivity contribution in [2.45, 2.75) is 27.2 Å². The molecule has 0 aliphatic rings. The van der Waals surface area contributed by atoms with E-state index >= 15 is 0 Å². The van der Waals surface area contributed by atoms with E-state index in [1.54, 1.807) is 13.8 Å². The Morgan fingerprint density at radius 2 is 1.87 bits per heavy atom. The highest BCUT2D eigenvalue weighted by atomic mass is 16.4. The van der Waals surface area contributed by atoms with Gasteiger partial charge in [0, 0.05) is 12.5 Å². The predicted molar refractivity (Wildman–Crippen MR) is 58.4 cm³/mol. The lowest BCUT2D eigenvalue weighted by molar-refractivity contribution is -0.141. The van der Waals surface area contributed by atoms with Crippen molar-refractivity contribution < 1.29 is 14.7 Å². The number of hydrogen-bond donors (Lipinski definition) is 2. The maximum absolute atomic E-state index is 11.5. The fraction of sp³-hybridized carbons (Fsp3) is 0.636. The van der Waals surface area contributed by atoms with Gasteiger partial charge in [-0.1, -0.05) is 19.4 Å². The first-order chi connectivity index (χ1) is 6.84. The molecule has 0 spiro atoms. The van der Waals surface area contributed by atoms with E-state index in [0.29, 0.717) is 6.42 Å². The maximum atomic E-state index is 11.5. The molecular formula is C11H19NO3. The van der Waals surface area contributed by atoms with Gasteiger partial charge in [-0.25, -0.2) is 0 Å². The summed E-state index contributed by atoms with van der Waals surface area (Å²) < 4.78 is 0. The first kappa shape index (κ1) is 13.7. The molecule has 0 heterocycles. The molecule has 86 valence electrons. The molecule has 2 N–H and O–H groups in total. The number of amides is 1. The van der Waals surface area contributed by atoms with E-state index < -0.39 is 11.9 Å². The number of hydrogen-bond acceptors (Lipinski definition) is 2. The highest BCUT2D eigenvalue weighted by Gasteiger charge is 2.16. The molecule has 0 fully saturated rings. The molecule has 2 atom stereocenters. The lowest BCUT2D eigenvalue weighted by Gasteiger charge is -2.13. The minimum Gasteiger partial charge on any atom is -0.481 e. The smallest absolute Gasteiger partial charge is 0.308 e. The Morgan fingerprint density at radius 1 is 1.33 bits per heavy atom. The second-order valence-electron chi connectivity index (χ2n) is 4.05. The Bertz CT molecular complexity index is 261. The van der Waals surface area contributed by atoms with Crippen molar-refractivity contribution in [3.05, 3.63) is 12.2 Å². The number of carboxylic acid groups (broad SMARTS) is 1. The maximum Gasteiger partial charge on any atom is 0.308 e. The Labute approximate surface area is 90.4 Å². The molecule has 2 unspecified atom stereocenters. The quantitative estimate of drug-likeness (QED) is 0.656. The molecule has 0 aliphatic carbocycles. The van der Waals surface area contributed by atoms with Gasteiger partial charge in [0.05, 0.1) is 5.92 Å². The van der Waals surface area contributed by atoms with Crippen molar-refractivity contribution >= 4 is 11.9 Å². The summed E-state index contributed by atoms with van der Waals surface area (Å²) in [6.07, 6.45) is 0.632. The lowest BCUT2D eigenvalue weighted by Crippen LogP contribution is -2.34. The van der Waals surface area contributed by atoms with Gasteiger partial charge >= 0.3 is 5.97 Å². The Morgan fingerprint density at radius 3 is 2.27 bits per heavy atom. The number of aliphatic carboxylic acids is 1. The average molecular weight is 213 g/mol. The van der Waals surface area contributed by atoms with Gasteiger partial charge in [0.1, 0.15) is 0 Å². The van der Waals surface area contributed by atoms with Crippen LogP contribution in [0.15, 0.2) is 12.2 Å². The molecule has 0 aromatic carbocycles. The third-order valence-corrected chi connectivity index (χ3v) is 2.11. The van der Waals surface area contributed by atoms with Crippen LogP contribution < -0.4 is 5.32 Å². The third-order valence-electron chi connectivity index (χ3n) is 2.11. The van der Waals surface area contributed by atoms with E-state index in [9.17, 15) is 9.59 Å². The van der Waals surface area contributed by atoms with E-state index in [2.05, 4.69) is 11.9 Å². The lowest BCUT2D eigenvalue weighted by atomic mass is 10.0. The first-order valence-corrected chi connectivity index (χ1v) is 4.99.